The van der Waals surface area contributed by atoms with E-state index in [1.165, 1.54) is 41.1 Å². The molecule has 4 N–H and O–H groups in total. The van der Waals surface area contributed by atoms with Gasteiger partial charge in [-0.1, -0.05) is 0 Å². The molecule has 1 aliphatic heterocycles. The maximum Gasteiger partial charge on any atom is 0.416 e. The quantitative estimate of drug-likeness (QED) is 0.540. The van der Waals surface area contributed by atoms with E-state index in [-0.39, 0.29) is 11.6 Å². The van der Waals surface area contributed by atoms with Crippen LogP contribution < -0.4 is 5.73 Å². The van der Waals surface area contributed by atoms with Gasteiger partial charge in [0, 0.05) is 10.6 Å². The number of nitrogens with zero attached hydrogens (tertiary/aromatic N) is 4. The first-order chi connectivity index (χ1) is 13.8. The van der Waals surface area contributed by atoms with Crippen LogP contribution in [-0.4, -0.2) is 53.8 Å². The highest BCUT2D eigenvalue weighted by molar-refractivity contribution is 7.99. The molecular formula is C17H16F3N5O3S. The van der Waals surface area contributed by atoms with Crippen molar-refractivity contribution in [2.45, 2.75) is 35.6 Å². The Morgan fingerprint density at radius 3 is 2.52 bits per heavy atom. The van der Waals surface area contributed by atoms with E-state index in [2.05, 4.69) is 15.0 Å². The van der Waals surface area contributed by atoms with Crippen molar-refractivity contribution in [1.29, 1.82) is 0 Å². The zero-order valence-electron chi connectivity index (χ0n) is 14.7. The Morgan fingerprint density at radius 2 is 1.83 bits per heavy atom. The van der Waals surface area contributed by atoms with Crippen molar-refractivity contribution in [3.05, 3.63) is 42.5 Å². The summed E-state index contributed by atoms with van der Waals surface area (Å²) in [6.45, 7) is 0. The van der Waals surface area contributed by atoms with Gasteiger partial charge in [-0.25, -0.2) is 15.0 Å². The normalized spacial score (nSPS) is 25.0. The third-order valence-electron chi connectivity index (χ3n) is 4.59. The standard InChI is InChI=1S/C17H16F3N5O3S/c18-17(19,20)8-1-3-9(4-2-8)29-5-10-12(26)13(27)16(28-10)25-7-24-11-14(21)22-6-23-15(11)25/h1-4,6-7,10,12-13,16,26-27H,5H2,(H2,21,22,23)/t10-,12-,13-,16?/m1/s1. The number of aliphatic hydroxyl groups is 2. The number of nitrogens with two attached hydrogens (primary N) is 1. The number of aliphatic hydroxyl groups excluding tert-OH is 2. The van der Waals surface area contributed by atoms with Crippen molar-refractivity contribution < 1.29 is 28.1 Å². The zero-order chi connectivity index (χ0) is 20.8. The van der Waals surface area contributed by atoms with Crippen LogP contribution in [0.2, 0.25) is 0 Å². The number of aromatic nitrogens is 4. The fourth-order valence-corrected chi connectivity index (χ4v) is 4.03. The second-order valence-electron chi connectivity index (χ2n) is 6.46. The summed E-state index contributed by atoms with van der Waals surface area (Å²) in [4.78, 5) is 12.6. The number of alkyl halides is 3. The highest BCUT2D eigenvalue weighted by atomic mass is 32.2. The van der Waals surface area contributed by atoms with Crippen LogP contribution in [0.25, 0.3) is 11.2 Å². The minimum Gasteiger partial charge on any atom is -0.387 e. The smallest absolute Gasteiger partial charge is 0.387 e. The molecule has 3 aromatic rings. The van der Waals surface area contributed by atoms with Crippen molar-refractivity contribution in [1.82, 2.24) is 19.5 Å². The number of nitrogen functional groups attached to an aromatic ring is 1. The van der Waals surface area contributed by atoms with Crippen molar-refractivity contribution in [3.63, 3.8) is 0 Å². The largest absolute Gasteiger partial charge is 0.416 e. The number of hydrogen-bond donors (Lipinski definition) is 3. The molecule has 0 saturated carbocycles. The fraction of sp³-hybridized carbons (Fsp3) is 0.353. The van der Waals surface area contributed by atoms with E-state index in [1.807, 2.05) is 0 Å². The Kier molecular flexibility index (Phi) is 5.11. The number of ether oxygens (including phenoxy) is 1. The van der Waals surface area contributed by atoms with Gasteiger partial charge in [0.2, 0.25) is 0 Å². The lowest BCUT2D eigenvalue weighted by atomic mass is 10.1. The van der Waals surface area contributed by atoms with E-state index in [1.54, 1.807) is 0 Å². The number of fused-ring (bicyclic) bond motifs is 1. The number of hydrogen-bond acceptors (Lipinski definition) is 8. The third kappa shape index (κ3) is 3.75. The lowest BCUT2D eigenvalue weighted by Gasteiger charge is -2.16. The molecule has 0 amide bonds. The van der Waals surface area contributed by atoms with Crippen LogP contribution >= 0.6 is 11.8 Å². The minimum absolute atomic E-state index is 0.177. The lowest BCUT2D eigenvalue weighted by Crippen LogP contribution is -2.32. The second-order valence-corrected chi connectivity index (χ2v) is 7.56. The summed E-state index contributed by atoms with van der Waals surface area (Å²) in [6, 6.07) is 4.69. The fourth-order valence-electron chi connectivity index (χ4n) is 3.07. The summed E-state index contributed by atoms with van der Waals surface area (Å²) >= 11 is 1.21. The van der Waals surface area contributed by atoms with E-state index < -0.39 is 36.3 Å². The van der Waals surface area contributed by atoms with Gasteiger partial charge in [0.25, 0.3) is 0 Å². The van der Waals surface area contributed by atoms with E-state index in [0.717, 1.165) is 12.1 Å². The highest BCUT2D eigenvalue weighted by Crippen LogP contribution is 2.35. The maximum atomic E-state index is 12.6. The van der Waals surface area contributed by atoms with Gasteiger partial charge in [0.1, 0.15) is 24.1 Å². The summed E-state index contributed by atoms with van der Waals surface area (Å²) in [5, 5.41) is 20.8. The molecular weight excluding hydrogens is 411 g/mol. The van der Waals surface area contributed by atoms with Gasteiger partial charge in [-0.15, -0.1) is 11.8 Å². The molecule has 1 aromatic carbocycles. The van der Waals surface area contributed by atoms with Crippen molar-refractivity contribution in [2.75, 3.05) is 11.5 Å². The predicted octanol–water partition coefficient (Wildman–Crippen LogP) is 1.84. The Hall–Kier alpha value is -2.41. The van der Waals surface area contributed by atoms with Crippen LogP contribution in [0.15, 0.2) is 41.8 Å². The first kappa shape index (κ1) is 19.9. The molecule has 1 unspecified atom stereocenters. The van der Waals surface area contributed by atoms with E-state index in [0.29, 0.717) is 16.1 Å². The summed E-state index contributed by atoms with van der Waals surface area (Å²) in [5.74, 6) is 0.403. The van der Waals surface area contributed by atoms with E-state index in [9.17, 15) is 23.4 Å². The SMILES string of the molecule is Nc1ncnc2c1ncn2C1O[C@H](CSc2ccc(C(F)(F)F)cc2)[C@@H](O)[C@H]1O. The van der Waals surface area contributed by atoms with Crippen LogP contribution in [0, 0.1) is 0 Å². The number of imidazole rings is 1. The average Bonchev–Trinajstić information content (AvgIpc) is 3.23. The van der Waals surface area contributed by atoms with Gasteiger partial charge < -0.3 is 20.7 Å². The van der Waals surface area contributed by atoms with Crippen molar-refractivity contribution in [2.24, 2.45) is 0 Å². The van der Waals surface area contributed by atoms with Gasteiger partial charge >= 0.3 is 6.18 Å². The Bertz CT molecular complexity index is 1010. The van der Waals surface area contributed by atoms with Gasteiger partial charge in [0.15, 0.2) is 17.7 Å². The lowest BCUT2D eigenvalue weighted by molar-refractivity contribution is -0.137. The average molecular weight is 427 g/mol. The molecule has 1 aliphatic rings. The molecule has 8 nitrogen and oxygen atoms in total. The first-order valence-corrected chi connectivity index (χ1v) is 9.49. The minimum atomic E-state index is -4.40. The van der Waals surface area contributed by atoms with E-state index in [4.69, 9.17) is 10.5 Å². The molecule has 4 rings (SSSR count). The van der Waals surface area contributed by atoms with Crippen LogP contribution in [0.5, 0.6) is 0 Å². The monoisotopic (exact) mass is 427 g/mol. The summed E-state index contributed by atoms with van der Waals surface area (Å²) < 4.78 is 45.2. The maximum absolute atomic E-state index is 12.6. The van der Waals surface area contributed by atoms with Crippen LogP contribution in [0.3, 0.4) is 0 Å². The van der Waals surface area contributed by atoms with Gasteiger partial charge in [0.05, 0.1) is 18.0 Å². The molecule has 1 saturated heterocycles. The zero-order valence-corrected chi connectivity index (χ0v) is 15.5. The number of thioether (sulfide) groups is 1. The number of halogens is 3. The Balaban J connectivity index is 1.47. The molecule has 0 radical (unpaired) electrons. The Labute approximate surface area is 166 Å². The van der Waals surface area contributed by atoms with Crippen molar-refractivity contribution in [3.8, 4) is 0 Å². The van der Waals surface area contributed by atoms with Crippen LogP contribution in [0.1, 0.15) is 11.8 Å². The molecule has 29 heavy (non-hydrogen) atoms. The summed E-state index contributed by atoms with van der Waals surface area (Å²) in [7, 11) is 0. The molecule has 3 heterocycles. The molecule has 0 bridgehead atoms. The highest BCUT2D eigenvalue weighted by Gasteiger charge is 2.44. The summed E-state index contributed by atoms with van der Waals surface area (Å²) in [5.41, 5.74) is 5.72. The molecule has 2 aromatic heterocycles. The molecule has 4 atom stereocenters. The van der Waals surface area contributed by atoms with Crippen LogP contribution in [0.4, 0.5) is 19.0 Å². The van der Waals surface area contributed by atoms with Crippen LogP contribution in [-0.2, 0) is 10.9 Å². The van der Waals surface area contributed by atoms with Crippen molar-refractivity contribution >= 4 is 28.7 Å². The number of benzene rings is 1. The number of rotatable bonds is 4. The summed E-state index contributed by atoms with van der Waals surface area (Å²) in [6.07, 6.45) is -5.89. The molecule has 0 aliphatic carbocycles. The molecule has 12 heteroatoms. The Morgan fingerprint density at radius 1 is 1.10 bits per heavy atom. The molecule has 1 fully saturated rings. The van der Waals surface area contributed by atoms with E-state index >= 15 is 0 Å². The van der Waals surface area contributed by atoms with Gasteiger partial charge in [-0.05, 0) is 24.3 Å². The topological polar surface area (TPSA) is 119 Å². The van der Waals surface area contributed by atoms with Gasteiger partial charge in [-0.2, -0.15) is 13.2 Å². The first-order valence-electron chi connectivity index (χ1n) is 8.50. The predicted molar refractivity (Wildman–Crippen MR) is 97.8 cm³/mol. The molecule has 154 valence electrons. The number of anilines is 1. The third-order valence-corrected chi connectivity index (χ3v) is 5.70. The van der Waals surface area contributed by atoms with Gasteiger partial charge in [-0.3, -0.25) is 4.57 Å². The molecule has 0 spiro atoms. The second kappa shape index (κ2) is 7.44.